The smallest absolute Gasteiger partial charge is 0.311 e. The molecule has 0 aromatic heterocycles. The number of ether oxygens (including phenoxy) is 1. The first-order valence-electron chi connectivity index (χ1n) is 9.23. The number of benzene rings is 1. The molecule has 3 heteroatoms. The summed E-state index contributed by atoms with van der Waals surface area (Å²) >= 11 is 0. The third-order valence-electron chi connectivity index (χ3n) is 5.01. The van der Waals surface area contributed by atoms with Crippen molar-refractivity contribution >= 4 is 5.97 Å². The maximum atomic E-state index is 12.7. The molecule has 3 nitrogen and oxygen atoms in total. The van der Waals surface area contributed by atoms with E-state index in [1.165, 1.54) is 5.56 Å². The van der Waals surface area contributed by atoms with E-state index in [-0.39, 0.29) is 24.0 Å². The summed E-state index contributed by atoms with van der Waals surface area (Å²) in [6.45, 7) is 12.5. The fourth-order valence-corrected chi connectivity index (χ4v) is 3.79. The summed E-state index contributed by atoms with van der Waals surface area (Å²) in [6.07, 6.45) is 2.00. The molecular formula is C21H33NO2. The molecule has 1 aromatic rings. The van der Waals surface area contributed by atoms with Crippen molar-refractivity contribution in [2.75, 3.05) is 0 Å². The van der Waals surface area contributed by atoms with E-state index in [1.807, 2.05) is 26.8 Å². The molecule has 0 aliphatic heterocycles. The fourth-order valence-electron chi connectivity index (χ4n) is 3.79. The Kier molecular flexibility index (Phi) is 6.08. The van der Waals surface area contributed by atoms with E-state index in [2.05, 4.69) is 50.4 Å². The van der Waals surface area contributed by atoms with Gasteiger partial charge in [0, 0.05) is 12.1 Å². The van der Waals surface area contributed by atoms with Crippen LogP contribution in [0.2, 0.25) is 0 Å². The molecule has 1 aromatic carbocycles. The Bertz CT molecular complexity index is 533. The highest BCUT2D eigenvalue weighted by atomic mass is 16.6. The van der Waals surface area contributed by atoms with E-state index in [0.29, 0.717) is 11.8 Å². The largest absolute Gasteiger partial charge is 0.460 e. The second-order valence-corrected chi connectivity index (χ2v) is 8.45. The highest BCUT2D eigenvalue weighted by Crippen LogP contribution is 2.38. The Labute approximate surface area is 147 Å². The average molecular weight is 332 g/mol. The summed E-state index contributed by atoms with van der Waals surface area (Å²) in [5.41, 5.74) is 0.831. The number of carbonyl (C=O) groups is 1. The maximum Gasteiger partial charge on any atom is 0.311 e. The summed E-state index contributed by atoms with van der Waals surface area (Å²) in [7, 11) is 0. The third kappa shape index (κ3) is 4.83. The minimum Gasteiger partial charge on any atom is -0.460 e. The molecule has 0 amide bonds. The molecular weight excluding hydrogens is 298 g/mol. The van der Waals surface area contributed by atoms with Gasteiger partial charge in [-0.1, -0.05) is 44.2 Å². The molecule has 0 saturated heterocycles. The summed E-state index contributed by atoms with van der Waals surface area (Å²) < 4.78 is 5.69. The Morgan fingerprint density at radius 1 is 1.12 bits per heavy atom. The molecule has 0 bridgehead atoms. The van der Waals surface area contributed by atoms with Crippen molar-refractivity contribution in [3.63, 3.8) is 0 Å². The van der Waals surface area contributed by atoms with E-state index in [9.17, 15) is 4.79 Å². The zero-order valence-electron chi connectivity index (χ0n) is 16.0. The molecule has 4 atom stereocenters. The fraction of sp³-hybridized carbons (Fsp3) is 0.667. The van der Waals surface area contributed by atoms with Crippen LogP contribution in [-0.4, -0.2) is 17.6 Å². The molecule has 134 valence electrons. The van der Waals surface area contributed by atoms with E-state index in [0.717, 1.165) is 12.8 Å². The van der Waals surface area contributed by atoms with E-state index < -0.39 is 5.60 Å². The van der Waals surface area contributed by atoms with E-state index in [4.69, 9.17) is 4.74 Å². The molecule has 24 heavy (non-hydrogen) atoms. The summed E-state index contributed by atoms with van der Waals surface area (Å²) in [4.78, 5) is 12.7. The normalized spacial score (nSPS) is 25.7. The maximum absolute atomic E-state index is 12.7. The van der Waals surface area contributed by atoms with Crippen LogP contribution in [0.1, 0.15) is 66.0 Å². The zero-order valence-corrected chi connectivity index (χ0v) is 16.0. The van der Waals surface area contributed by atoms with Crippen LogP contribution in [0, 0.1) is 17.8 Å². The lowest BCUT2D eigenvalue weighted by molar-refractivity contribution is -0.160. The summed E-state index contributed by atoms with van der Waals surface area (Å²) in [5.74, 6) is 0.956. The molecule has 1 saturated carbocycles. The van der Waals surface area contributed by atoms with Gasteiger partial charge in [-0.15, -0.1) is 0 Å². The van der Waals surface area contributed by atoms with Crippen molar-refractivity contribution in [3.05, 3.63) is 35.9 Å². The van der Waals surface area contributed by atoms with Crippen LogP contribution in [0.4, 0.5) is 0 Å². The number of hydrogen-bond donors (Lipinski definition) is 1. The van der Waals surface area contributed by atoms with Gasteiger partial charge in [0.2, 0.25) is 0 Å². The minimum atomic E-state index is -0.428. The zero-order chi connectivity index (χ0) is 17.9. The van der Waals surface area contributed by atoms with E-state index >= 15 is 0 Å². The Morgan fingerprint density at radius 3 is 2.29 bits per heavy atom. The summed E-state index contributed by atoms with van der Waals surface area (Å²) in [6, 6.07) is 10.8. The molecule has 1 aliphatic rings. The molecule has 0 unspecified atom stereocenters. The van der Waals surface area contributed by atoms with Crippen LogP contribution >= 0.6 is 0 Å². The van der Waals surface area contributed by atoms with E-state index in [1.54, 1.807) is 0 Å². The molecule has 2 rings (SSSR count). The van der Waals surface area contributed by atoms with Crippen LogP contribution in [0.15, 0.2) is 30.3 Å². The van der Waals surface area contributed by atoms with Crippen molar-refractivity contribution in [2.24, 2.45) is 17.8 Å². The molecule has 1 N–H and O–H groups in total. The van der Waals surface area contributed by atoms with Crippen LogP contribution < -0.4 is 5.32 Å². The van der Waals surface area contributed by atoms with Crippen LogP contribution in [0.25, 0.3) is 0 Å². The predicted molar refractivity (Wildman–Crippen MR) is 98.7 cm³/mol. The first-order chi connectivity index (χ1) is 11.2. The van der Waals surface area contributed by atoms with Crippen LogP contribution in [0.3, 0.4) is 0 Å². The van der Waals surface area contributed by atoms with Gasteiger partial charge in [-0.2, -0.15) is 0 Å². The molecule has 0 heterocycles. The standard InChI is InChI=1S/C21H33NO2/c1-14(2)17-12-13-18(20(23)24-21(4,5)6)19(17)22-15(3)16-10-8-7-9-11-16/h7-11,14-15,17-19,22H,12-13H2,1-6H3/t15-,17+,18-,19-/m0/s1. The monoisotopic (exact) mass is 331 g/mol. The number of hydrogen-bond acceptors (Lipinski definition) is 3. The number of esters is 1. The molecule has 0 radical (unpaired) electrons. The minimum absolute atomic E-state index is 0.0524. The molecule has 1 fully saturated rings. The second-order valence-electron chi connectivity index (χ2n) is 8.45. The summed E-state index contributed by atoms with van der Waals surface area (Å²) in [5, 5.41) is 3.74. The third-order valence-corrected chi connectivity index (χ3v) is 5.01. The number of rotatable bonds is 5. The molecule has 1 aliphatic carbocycles. The lowest BCUT2D eigenvalue weighted by Gasteiger charge is -2.32. The second kappa shape index (κ2) is 7.69. The van der Waals surface area contributed by atoms with Gasteiger partial charge in [0.15, 0.2) is 0 Å². The highest BCUT2D eigenvalue weighted by molar-refractivity contribution is 5.74. The van der Waals surface area contributed by atoms with Gasteiger partial charge in [0.1, 0.15) is 5.60 Å². The highest BCUT2D eigenvalue weighted by Gasteiger charge is 2.43. The Hall–Kier alpha value is -1.35. The van der Waals surface area contributed by atoms with Crippen LogP contribution in [0.5, 0.6) is 0 Å². The van der Waals surface area contributed by atoms with Gasteiger partial charge in [-0.05, 0) is 57.9 Å². The Balaban J connectivity index is 2.14. The first-order valence-corrected chi connectivity index (χ1v) is 9.23. The lowest BCUT2D eigenvalue weighted by Crippen LogP contribution is -2.45. The van der Waals surface area contributed by atoms with Gasteiger partial charge >= 0.3 is 5.97 Å². The lowest BCUT2D eigenvalue weighted by atomic mass is 9.87. The van der Waals surface area contributed by atoms with Gasteiger partial charge in [0.05, 0.1) is 5.92 Å². The predicted octanol–water partition coefficient (Wildman–Crippen LogP) is 4.73. The van der Waals surface area contributed by atoms with Crippen molar-refractivity contribution in [3.8, 4) is 0 Å². The van der Waals surface area contributed by atoms with Gasteiger partial charge < -0.3 is 10.1 Å². The van der Waals surface area contributed by atoms with Crippen LogP contribution in [-0.2, 0) is 9.53 Å². The van der Waals surface area contributed by atoms with Crippen molar-refractivity contribution in [1.29, 1.82) is 0 Å². The first kappa shape index (κ1) is 19.0. The van der Waals surface area contributed by atoms with Crippen molar-refractivity contribution < 1.29 is 9.53 Å². The Morgan fingerprint density at radius 2 is 1.75 bits per heavy atom. The van der Waals surface area contributed by atoms with Crippen molar-refractivity contribution in [1.82, 2.24) is 5.32 Å². The van der Waals surface area contributed by atoms with Crippen molar-refractivity contribution in [2.45, 2.75) is 72.1 Å². The molecule has 0 spiro atoms. The number of nitrogens with one attached hydrogen (secondary N) is 1. The SMILES string of the molecule is CC(C)[C@H]1CC[C@H](C(=O)OC(C)(C)C)[C@H]1N[C@@H](C)c1ccccc1. The van der Waals surface area contributed by atoms with Gasteiger partial charge in [-0.25, -0.2) is 0 Å². The van der Waals surface area contributed by atoms with Gasteiger partial charge in [0.25, 0.3) is 0 Å². The number of carbonyl (C=O) groups excluding carboxylic acids is 1. The quantitative estimate of drug-likeness (QED) is 0.793. The topological polar surface area (TPSA) is 38.3 Å². The average Bonchev–Trinajstić information content (AvgIpc) is 2.90. The van der Waals surface area contributed by atoms with Gasteiger partial charge in [-0.3, -0.25) is 4.79 Å².